The number of anilines is 1. The molecule has 0 saturated carbocycles. The van der Waals surface area contributed by atoms with Crippen molar-refractivity contribution >= 4 is 11.8 Å². The Hall–Kier alpha value is -2.57. The van der Waals surface area contributed by atoms with Crippen molar-refractivity contribution in [3.05, 3.63) is 59.7 Å². The van der Waals surface area contributed by atoms with E-state index in [1.165, 1.54) is 0 Å². The number of nitrogens with one attached hydrogen (secondary N) is 1. The van der Waals surface area contributed by atoms with E-state index in [2.05, 4.69) is 5.32 Å². The number of hydrogen-bond acceptors (Lipinski definition) is 5. The van der Waals surface area contributed by atoms with Crippen molar-refractivity contribution in [1.82, 2.24) is 0 Å². The van der Waals surface area contributed by atoms with Gasteiger partial charge in [-0.1, -0.05) is 36.8 Å². The summed E-state index contributed by atoms with van der Waals surface area (Å²) in [5, 5.41) is 20.9. The summed E-state index contributed by atoms with van der Waals surface area (Å²) in [6.07, 6.45) is -0.611. The third-order valence-electron chi connectivity index (χ3n) is 4.18. The number of amides is 1. The normalized spacial score (nSPS) is 12.9. The molecule has 2 atom stereocenters. The number of hydrogen-bond donors (Lipinski definition) is 3. The number of ether oxygens (including phenoxy) is 2. The van der Waals surface area contributed by atoms with E-state index < -0.39 is 12.2 Å². The van der Waals surface area contributed by atoms with Crippen molar-refractivity contribution in [2.75, 3.05) is 25.1 Å². The number of carbonyl (C=O) groups is 1. The van der Waals surface area contributed by atoms with Gasteiger partial charge >= 0.3 is 6.09 Å². The van der Waals surface area contributed by atoms with E-state index in [9.17, 15) is 9.90 Å². The van der Waals surface area contributed by atoms with Crippen molar-refractivity contribution in [2.45, 2.75) is 26.4 Å². The first-order chi connectivity index (χ1) is 13.0. The van der Waals surface area contributed by atoms with Gasteiger partial charge in [-0.2, -0.15) is 0 Å². The van der Waals surface area contributed by atoms with Crippen LogP contribution in [0.4, 0.5) is 10.5 Å². The number of rotatable bonds is 9. The van der Waals surface area contributed by atoms with Crippen molar-refractivity contribution in [2.24, 2.45) is 5.92 Å². The zero-order chi connectivity index (χ0) is 19.6. The van der Waals surface area contributed by atoms with Gasteiger partial charge in [0, 0.05) is 12.3 Å². The van der Waals surface area contributed by atoms with Crippen molar-refractivity contribution in [3.63, 3.8) is 0 Å². The standard InChI is InChI=1S/C21H27NO5/c1-15-6-8-18(9-7-15)22-21(25)27-20(16(2)10-11-23)17-4-3-5-19(14-17)26-13-12-24/h3-9,14,16,20,23-24H,10-13H2,1-2H3,(H,22,25)/t16-,20+/m0/s1. The smallest absolute Gasteiger partial charge is 0.412 e. The minimum atomic E-state index is -0.560. The summed E-state index contributed by atoms with van der Waals surface area (Å²) in [4.78, 5) is 12.4. The second-order valence-electron chi connectivity index (χ2n) is 6.45. The summed E-state index contributed by atoms with van der Waals surface area (Å²) in [7, 11) is 0. The molecule has 1 amide bonds. The molecule has 0 bridgehead atoms. The first-order valence-corrected chi connectivity index (χ1v) is 9.02. The van der Waals surface area contributed by atoms with Crippen LogP contribution in [0.3, 0.4) is 0 Å². The third kappa shape index (κ3) is 6.58. The SMILES string of the molecule is Cc1ccc(NC(=O)O[C@@H](c2cccc(OCCO)c2)[C@@H](C)CCO)cc1. The molecule has 0 aromatic heterocycles. The fraction of sp³-hybridized carbons (Fsp3) is 0.381. The van der Waals surface area contributed by atoms with Gasteiger partial charge in [-0.25, -0.2) is 4.79 Å². The summed E-state index contributed by atoms with van der Waals surface area (Å²) >= 11 is 0. The summed E-state index contributed by atoms with van der Waals surface area (Å²) in [6, 6.07) is 14.7. The van der Waals surface area contributed by atoms with Gasteiger partial charge in [-0.15, -0.1) is 0 Å². The first-order valence-electron chi connectivity index (χ1n) is 9.02. The Bertz CT molecular complexity index is 717. The summed E-state index contributed by atoms with van der Waals surface area (Å²) < 4.78 is 11.1. The molecule has 0 radical (unpaired) electrons. The van der Waals surface area contributed by atoms with Gasteiger partial charge in [-0.05, 0) is 49.1 Å². The number of aryl methyl sites for hydroxylation is 1. The van der Waals surface area contributed by atoms with Gasteiger partial charge in [0.2, 0.25) is 0 Å². The molecule has 3 N–H and O–H groups in total. The van der Waals surface area contributed by atoms with Crippen LogP contribution in [-0.4, -0.2) is 36.1 Å². The van der Waals surface area contributed by atoms with Gasteiger partial charge in [0.1, 0.15) is 18.5 Å². The minimum absolute atomic E-state index is 0.00130. The largest absolute Gasteiger partial charge is 0.491 e. The Morgan fingerprint density at radius 2 is 1.85 bits per heavy atom. The molecule has 0 spiro atoms. The van der Waals surface area contributed by atoms with Gasteiger partial charge in [0.05, 0.1) is 6.61 Å². The van der Waals surface area contributed by atoms with E-state index in [4.69, 9.17) is 14.6 Å². The Morgan fingerprint density at radius 3 is 2.52 bits per heavy atom. The van der Waals surface area contributed by atoms with Crippen LogP contribution < -0.4 is 10.1 Å². The molecule has 0 fully saturated rings. The molecule has 2 aromatic carbocycles. The summed E-state index contributed by atoms with van der Waals surface area (Å²) in [6.45, 7) is 4.00. The topological polar surface area (TPSA) is 88.0 Å². The molecule has 27 heavy (non-hydrogen) atoms. The average Bonchev–Trinajstić information content (AvgIpc) is 2.66. The predicted octanol–water partition coefficient (Wildman–Crippen LogP) is 3.67. The maximum absolute atomic E-state index is 12.4. The van der Waals surface area contributed by atoms with Crippen LogP contribution in [0.25, 0.3) is 0 Å². The maximum atomic E-state index is 12.4. The van der Waals surface area contributed by atoms with Crippen LogP contribution in [0.2, 0.25) is 0 Å². The van der Waals surface area contributed by atoms with E-state index in [1.54, 1.807) is 12.1 Å². The van der Waals surface area contributed by atoms with Crippen LogP contribution >= 0.6 is 0 Å². The maximum Gasteiger partial charge on any atom is 0.412 e. The van der Waals surface area contributed by atoms with E-state index in [-0.39, 0.29) is 25.7 Å². The van der Waals surface area contributed by atoms with Crippen molar-refractivity contribution < 1.29 is 24.5 Å². The van der Waals surface area contributed by atoms with Gasteiger partial charge in [0.25, 0.3) is 0 Å². The fourth-order valence-electron chi connectivity index (χ4n) is 2.71. The lowest BCUT2D eigenvalue weighted by Gasteiger charge is -2.24. The quantitative estimate of drug-likeness (QED) is 0.624. The Kier molecular flexibility index (Phi) is 8.10. The number of carbonyl (C=O) groups excluding carboxylic acids is 1. The molecule has 6 heteroatoms. The van der Waals surface area contributed by atoms with Crippen LogP contribution in [0.5, 0.6) is 5.75 Å². The highest BCUT2D eigenvalue weighted by atomic mass is 16.6. The molecule has 0 aliphatic carbocycles. The zero-order valence-electron chi connectivity index (χ0n) is 15.7. The predicted molar refractivity (Wildman–Crippen MR) is 104 cm³/mol. The van der Waals surface area contributed by atoms with Crippen LogP contribution in [0.1, 0.15) is 30.6 Å². The number of aliphatic hydroxyl groups excluding tert-OH is 2. The lowest BCUT2D eigenvalue weighted by molar-refractivity contribution is 0.0665. The van der Waals surface area contributed by atoms with Crippen molar-refractivity contribution in [3.8, 4) is 5.75 Å². The molecule has 0 unspecified atom stereocenters. The summed E-state index contributed by atoms with van der Waals surface area (Å²) in [5.74, 6) is 0.497. The Balaban J connectivity index is 2.13. The zero-order valence-corrected chi connectivity index (χ0v) is 15.7. The molecule has 0 aliphatic rings. The molecule has 2 aromatic rings. The third-order valence-corrected chi connectivity index (χ3v) is 4.18. The Labute approximate surface area is 159 Å². The molecule has 6 nitrogen and oxygen atoms in total. The van der Waals surface area contributed by atoms with Crippen LogP contribution in [0.15, 0.2) is 48.5 Å². The molecule has 0 saturated heterocycles. The van der Waals surface area contributed by atoms with E-state index in [1.807, 2.05) is 50.2 Å². The molecule has 0 aliphatic heterocycles. The van der Waals surface area contributed by atoms with E-state index >= 15 is 0 Å². The lowest BCUT2D eigenvalue weighted by Crippen LogP contribution is -2.22. The Morgan fingerprint density at radius 1 is 1.11 bits per heavy atom. The van der Waals surface area contributed by atoms with Gasteiger partial charge in [-0.3, -0.25) is 5.32 Å². The molecule has 2 rings (SSSR count). The van der Waals surface area contributed by atoms with Crippen molar-refractivity contribution in [1.29, 1.82) is 0 Å². The highest BCUT2D eigenvalue weighted by Gasteiger charge is 2.24. The summed E-state index contributed by atoms with van der Waals surface area (Å²) in [5.41, 5.74) is 2.52. The highest BCUT2D eigenvalue weighted by Crippen LogP contribution is 2.31. The van der Waals surface area contributed by atoms with Crippen LogP contribution in [-0.2, 0) is 4.74 Å². The fourth-order valence-corrected chi connectivity index (χ4v) is 2.71. The second kappa shape index (κ2) is 10.5. The molecular formula is C21H27NO5. The van der Waals surface area contributed by atoms with E-state index in [0.717, 1.165) is 11.1 Å². The average molecular weight is 373 g/mol. The number of benzene rings is 2. The highest BCUT2D eigenvalue weighted by molar-refractivity contribution is 5.84. The monoisotopic (exact) mass is 373 g/mol. The molecule has 146 valence electrons. The minimum Gasteiger partial charge on any atom is -0.491 e. The van der Waals surface area contributed by atoms with E-state index in [0.29, 0.717) is 17.9 Å². The lowest BCUT2D eigenvalue weighted by atomic mass is 9.94. The second-order valence-corrected chi connectivity index (χ2v) is 6.45. The molecule has 0 heterocycles. The number of aliphatic hydroxyl groups is 2. The van der Waals surface area contributed by atoms with Gasteiger partial charge in [0.15, 0.2) is 0 Å². The molecular weight excluding hydrogens is 346 g/mol. The first kappa shape index (κ1) is 20.7. The van der Waals surface area contributed by atoms with Gasteiger partial charge < -0.3 is 19.7 Å². The van der Waals surface area contributed by atoms with Crippen LogP contribution in [0, 0.1) is 12.8 Å².